The monoisotopic (exact) mass is 251 g/mol. The van der Waals surface area contributed by atoms with E-state index in [0.29, 0.717) is 18.7 Å². The van der Waals surface area contributed by atoms with Crippen molar-refractivity contribution in [2.75, 3.05) is 18.9 Å². The highest BCUT2D eigenvalue weighted by molar-refractivity contribution is 5.70. The van der Waals surface area contributed by atoms with Crippen LogP contribution in [0.3, 0.4) is 0 Å². The third kappa shape index (κ3) is 1.66. The number of H-pyrrole nitrogens is 1. The van der Waals surface area contributed by atoms with Crippen LogP contribution in [0.1, 0.15) is 12.6 Å². The quantitative estimate of drug-likeness (QED) is 0.644. The summed E-state index contributed by atoms with van der Waals surface area (Å²) in [6, 6.07) is 0. The van der Waals surface area contributed by atoms with E-state index in [9.17, 15) is 4.79 Å². The third-order valence-electron chi connectivity index (χ3n) is 3.08. The van der Waals surface area contributed by atoms with Gasteiger partial charge in [0, 0.05) is 12.5 Å². The van der Waals surface area contributed by atoms with Gasteiger partial charge >= 0.3 is 0 Å². The van der Waals surface area contributed by atoms with E-state index in [1.807, 2.05) is 0 Å². The van der Waals surface area contributed by atoms with Crippen LogP contribution in [0.15, 0.2) is 11.1 Å². The molecule has 8 heteroatoms. The summed E-state index contributed by atoms with van der Waals surface area (Å²) < 4.78 is 7.24. The van der Waals surface area contributed by atoms with E-state index >= 15 is 0 Å². The second kappa shape index (κ2) is 4.07. The van der Waals surface area contributed by atoms with Gasteiger partial charge in [-0.3, -0.25) is 14.3 Å². The molecule has 2 atom stereocenters. The molecule has 0 aromatic carbocycles. The second-order valence-corrected chi connectivity index (χ2v) is 4.35. The minimum Gasteiger partial charge on any atom is -0.396 e. The highest BCUT2D eigenvalue weighted by Crippen LogP contribution is 2.29. The molecule has 3 rings (SSSR count). The topological polar surface area (TPSA) is 119 Å². The molecular weight excluding hydrogens is 238 g/mol. The zero-order valence-corrected chi connectivity index (χ0v) is 9.54. The SMILES string of the molecule is Nc1nc2c(ncn2C2CC(CO)CO2)c(=O)[nH]1. The molecule has 2 aromatic rings. The lowest BCUT2D eigenvalue weighted by Crippen LogP contribution is -2.14. The maximum Gasteiger partial charge on any atom is 0.280 e. The van der Waals surface area contributed by atoms with Crippen LogP contribution in [0.4, 0.5) is 5.95 Å². The number of imidazole rings is 1. The van der Waals surface area contributed by atoms with Crippen molar-refractivity contribution in [3.8, 4) is 0 Å². The number of aliphatic hydroxyl groups excluding tert-OH is 1. The number of hydrogen-bond donors (Lipinski definition) is 3. The number of hydrogen-bond acceptors (Lipinski definition) is 6. The van der Waals surface area contributed by atoms with Crippen molar-refractivity contribution < 1.29 is 9.84 Å². The summed E-state index contributed by atoms with van der Waals surface area (Å²) in [4.78, 5) is 22.1. The van der Waals surface area contributed by atoms with Crippen molar-refractivity contribution in [1.29, 1.82) is 0 Å². The molecule has 1 fully saturated rings. The van der Waals surface area contributed by atoms with Gasteiger partial charge in [-0.15, -0.1) is 0 Å². The number of aromatic nitrogens is 4. The van der Waals surface area contributed by atoms with Crippen LogP contribution >= 0.6 is 0 Å². The maximum atomic E-state index is 11.6. The Labute approximate surface area is 101 Å². The van der Waals surface area contributed by atoms with Gasteiger partial charge in [0.2, 0.25) is 5.95 Å². The lowest BCUT2D eigenvalue weighted by atomic mass is 10.1. The molecule has 2 aromatic heterocycles. The first-order valence-corrected chi connectivity index (χ1v) is 5.64. The fraction of sp³-hybridized carbons (Fsp3) is 0.500. The molecule has 0 bridgehead atoms. The number of nitrogens with zero attached hydrogens (tertiary/aromatic N) is 3. The second-order valence-electron chi connectivity index (χ2n) is 4.35. The number of nitrogens with one attached hydrogen (secondary N) is 1. The van der Waals surface area contributed by atoms with Gasteiger partial charge < -0.3 is 15.6 Å². The van der Waals surface area contributed by atoms with E-state index < -0.39 is 0 Å². The standard InChI is InChI=1S/C10H13N5O3/c11-10-13-8-7(9(17)14-10)12-4-15(8)6-1-5(2-16)3-18-6/h4-6,16H,1-3H2,(H3,11,13,14,17). The van der Waals surface area contributed by atoms with Crippen molar-refractivity contribution in [1.82, 2.24) is 19.5 Å². The average Bonchev–Trinajstić information content (AvgIpc) is 2.93. The van der Waals surface area contributed by atoms with Crippen molar-refractivity contribution in [3.05, 3.63) is 16.7 Å². The van der Waals surface area contributed by atoms with Crippen LogP contribution in [0, 0.1) is 5.92 Å². The molecule has 1 saturated heterocycles. The Morgan fingerprint density at radius 2 is 2.50 bits per heavy atom. The van der Waals surface area contributed by atoms with Gasteiger partial charge in [-0.2, -0.15) is 4.98 Å². The van der Waals surface area contributed by atoms with E-state index in [0.717, 1.165) is 0 Å². The summed E-state index contributed by atoms with van der Waals surface area (Å²) in [5.41, 5.74) is 5.79. The Morgan fingerprint density at radius 1 is 1.67 bits per heavy atom. The van der Waals surface area contributed by atoms with Gasteiger partial charge in [-0.25, -0.2) is 4.98 Å². The lowest BCUT2D eigenvalue weighted by Gasteiger charge is -2.11. The number of aliphatic hydroxyl groups is 1. The Bertz CT molecular complexity index is 634. The first-order valence-electron chi connectivity index (χ1n) is 5.64. The largest absolute Gasteiger partial charge is 0.396 e. The van der Waals surface area contributed by atoms with Crippen molar-refractivity contribution in [3.63, 3.8) is 0 Å². The average molecular weight is 251 g/mol. The van der Waals surface area contributed by atoms with Gasteiger partial charge in [0.1, 0.15) is 6.23 Å². The molecule has 0 amide bonds. The molecule has 3 heterocycles. The molecule has 96 valence electrons. The van der Waals surface area contributed by atoms with Gasteiger partial charge in [0.25, 0.3) is 5.56 Å². The number of anilines is 1. The molecular formula is C10H13N5O3. The number of nitrogen functional groups attached to an aromatic ring is 1. The summed E-state index contributed by atoms with van der Waals surface area (Å²) in [5.74, 6) is 0.151. The van der Waals surface area contributed by atoms with Gasteiger partial charge in [-0.05, 0) is 6.42 Å². The van der Waals surface area contributed by atoms with E-state index in [-0.39, 0.29) is 35.8 Å². The Kier molecular flexibility index (Phi) is 2.53. The zero-order chi connectivity index (χ0) is 12.7. The number of nitrogens with two attached hydrogens (primary N) is 1. The number of aromatic amines is 1. The van der Waals surface area contributed by atoms with E-state index in [4.69, 9.17) is 15.6 Å². The maximum absolute atomic E-state index is 11.6. The van der Waals surface area contributed by atoms with Crippen LogP contribution in [-0.4, -0.2) is 37.8 Å². The molecule has 1 aliphatic rings. The van der Waals surface area contributed by atoms with Crippen molar-refractivity contribution in [2.24, 2.45) is 5.92 Å². The van der Waals surface area contributed by atoms with Gasteiger partial charge in [-0.1, -0.05) is 0 Å². The molecule has 4 N–H and O–H groups in total. The molecule has 2 unspecified atom stereocenters. The first kappa shape index (κ1) is 11.2. The van der Waals surface area contributed by atoms with E-state index in [1.165, 1.54) is 6.33 Å². The molecule has 0 radical (unpaired) electrons. The summed E-state index contributed by atoms with van der Waals surface area (Å²) in [6.45, 7) is 0.568. The highest BCUT2D eigenvalue weighted by Gasteiger charge is 2.28. The van der Waals surface area contributed by atoms with Crippen LogP contribution in [0.2, 0.25) is 0 Å². The fourth-order valence-corrected chi connectivity index (χ4v) is 2.14. The van der Waals surface area contributed by atoms with Crippen LogP contribution in [0.5, 0.6) is 0 Å². The van der Waals surface area contributed by atoms with Crippen LogP contribution in [-0.2, 0) is 4.74 Å². The number of ether oxygens (including phenoxy) is 1. The molecule has 0 aliphatic carbocycles. The molecule has 1 aliphatic heterocycles. The summed E-state index contributed by atoms with van der Waals surface area (Å²) in [5, 5.41) is 9.09. The molecule has 0 spiro atoms. The number of fused-ring (bicyclic) bond motifs is 1. The van der Waals surface area contributed by atoms with Crippen LogP contribution in [0.25, 0.3) is 11.2 Å². The third-order valence-corrected chi connectivity index (χ3v) is 3.08. The minimum absolute atomic E-state index is 0.0472. The highest BCUT2D eigenvalue weighted by atomic mass is 16.5. The van der Waals surface area contributed by atoms with Crippen molar-refractivity contribution >= 4 is 17.1 Å². The Balaban J connectivity index is 2.05. The molecule has 8 nitrogen and oxygen atoms in total. The molecule has 0 saturated carbocycles. The summed E-state index contributed by atoms with van der Waals surface area (Å²) in [7, 11) is 0. The van der Waals surface area contributed by atoms with Crippen LogP contribution < -0.4 is 11.3 Å². The van der Waals surface area contributed by atoms with Crippen molar-refractivity contribution in [2.45, 2.75) is 12.6 Å². The minimum atomic E-state index is -0.368. The van der Waals surface area contributed by atoms with Gasteiger partial charge in [0.05, 0.1) is 12.9 Å². The zero-order valence-electron chi connectivity index (χ0n) is 9.54. The lowest BCUT2D eigenvalue weighted by molar-refractivity contribution is 0.0551. The van der Waals surface area contributed by atoms with E-state index in [1.54, 1.807) is 4.57 Å². The normalized spacial score (nSPS) is 23.8. The summed E-state index contributed by atoms with van der Waals surface area (Å²) >= 11 is 0. The molecule has 18 heavy (non-hydrogen) atoms. The fourth-order valence-electron chi connectivity index (χ4n) is 2.14. The predicted molar refractivity (Wildman–Crippen MR) is 62.7 cm³/mol. The summed E-state index contributed by atoms with van der Waals surface area (Å²) in [6.07, 6.45) is 1.91. The smallest absolute Gasteiger partial charge is 0.280 e. The number of rotatable bonds is 2. The van der Waals surface area contributed by atoms with E-state index in [2.05, 4.69) is 15.0 Å². The van der Waals surface area contributed by atoms with Gasteiger partial charge in [0.15, 0.2) is 11.2 Å². The first-order chi connectivity index (χ1) is 8.69. The Hall–Kier alpha value is -1.93. The Morgan fingerprint density at radius 3 is 3.22 bits per heavy atom. The predicted octanol–water partition coefficient (Wildman–Crippen LogP) is -0.771.